The van der Waals surface area contributed by atoms with Gasteiger partial charge in [-0.25, -0.2) is 13.1 Å². The Morgan fingerprint density at radius 3 is 2.35 bits per heavy atom. The molecule has 0 saturated carbocycles. The topological polar surface area (TPSA) is 55.4 Å². The summed E-state index contributed by atoms with van der Waals surface area (Å²) in [6.45, 7) is 10.2. The van der Waals surface area contributed by atoms with E-state index in [-0.39, 0.29) is 10.9 Å². The van der Waals surface area contributed by atoms with Gasteiger partial charge in [0.05, 0.1) is 6.61 Å². The first-order valence-electron chi connectivity index (χ1n) is 7.08. The highest BCUT2D eigenvalue weighted by Crippen LogP contribution is 2.28. The molecule has 114 valence electrons. The van der Waals surface area contributed by atoms with E-state index in [1.807, 2.05) is 34.6 Å². The first kappa shape index (κ1) is 17.0. The first-order chi connectivity index (χ1) is 9.31. The van der Waals surface area contributed by atoms with E-state index in [1.165, 1.54) is 0 Å². The lowest BCUT2D eigenvalue weighted by molar-refractivity contribution is 0.308. The van der Waals surface area contributed by atoms with Crippen LogP contribution in [-0.4, -0.2) is 21.1 Å². The summed E-state index contributed by atoms with van der Waals surface area (Å²) in [6.07, 6.45) is 1.58. The van der Waals surface area contributed by atoms with Crippen molar-refractivity contribution in [3.63, 3.8) is 0 Å². The molecule has 1 unspecified atom stereocenters. The van der Waals surface area contributed by atoms with Crippen LogP contribution < -0.4 is 9.46 Å². The molecule has 5 heteroatoms. The van der Waals surface area contributed by atoms with Gasteiger partial charge in [0.25, 0.3) is 0 Å². The van der Waals surface area contributed by atoms with Gasteiger partial charge in [-0.1, -0.05) is 13.8 Å². The lowest BCUT2D eigenvalue weighted by Gasteiger charge is -2.17. The molecular weight excluding hydrogens is 274 g/mol. The SMILES string of the molecule is CCCOc1cc(C)c(C)cc1S(=O)(=O)NC(C)CC. The number of benzene rings is 1. The molecule has 0 radical (unpaired) electrons. The van der Waals surface area contributed by atoms with Crippen molar-refractivity contribution < 1.29 is 13.2 Å². The van der Waals surface area contributed by atoms with Gasteiger partial charge < -0.3 is 4.74 Å². The molecular formula is C15H25NO3S. The molecule has 0 amide bonds. The molecule has 0 heterocycles. The maximum absolute atomic E-state index is 12.5. The molecule has 4 nitrogen and oxygen atoms in total. The molecule has 0 fully saturated rings. The zero-order chi connectivity index (χ0) is 15.3. The predicted molar refractivity (Wildman–Crippen MR) is 81.8 cm³/mol. The van der Waals surface area contributed by atoms with Crippen molar-refractivity contribution in [2.75, 3.05) is 6.61 Å². The minimum absolute atomic E-state index is 0.0966. The highest BCUT2D eigenvalue weighted by atomic mass is 32.2. The molecule has 1 aromatic rings. The van der Waals surface area contributed by atoms with Gasteiger partial charge in [-0.15, -0.1) is 0 Å². The minimum atomic E-state index is -3.55. The number of sulfonamides is 1. The highest BCUT2D eigenvalue weighted by molar-refractivity contribution is 7.89. The van der Waals surface area contributed by atoms with Gasteiger partial charge in [0.2, 0.25) is 10.0 Å². The second kappa shape index (κ2) is 7.09. The van der Waals surface area contributed by atoms with E-state index in [1.54, 1.807) is 12.1 Å². The van der Waals surface area contributed by atoms with Crippen LogP contribution in [0.5, 0.6) is 5.75 Å². The summed E-state index contributed by atoms with van der Waals surface area (Å²) in [5, 5.41) is 0. The van der Waals surface area contributed by atoms with Gasteiger partial charge in [0.1, 0.15) is 10.6 Å². The number of ether oxygens (including phenoxy) is 1. The minimum Gasteiger partial charge on any atom is -0.492 e. The lowest BCUT2D eigenvalue weighted by Crippen LogP contribution is -2.32. The molecule has 20 heavy (non-hydrogen) atoms. The number of rotatable bonds is 7. The van der Waals surface area contributed by atoms with Crippen molar-refractivity contribution in [2.24, 2.45) is 0 Å². The number of aryl methyl sites for hydroxylation is 2. The van der Waals surface area contributed by atoms with E-state index in [4.69, 9.17) is 4.74 Å². The average molecular weight is 299 g/mol. The number of hydrogen-bond donors (Lipinski definition) is 1. The van der Waals surface area contributed by atoms with Crippen LogP contribution in [-0.2, 0) is 10.0 Å². The van der Waals surface area contributed by atoms with Crippen LogP contribution in [0.25, 0.3) is 0 Å². The van der Waals surface area contributed by atoms with E-state index in [0.717, 1.165) is 24.0 Å². The predicted octanol–water partition coefficient (Wildman–Crippen LogP) is 3.17. The smallest absolute Gasteiger partial charge is 0.244 e. The van der Waals surface area contributed by atoms with Gasteiger partial charge in [-0.05, 0) is 56.9 Å². The molecule has 0 aromatic heterocycles. The Balaban J connectivity index is 3.23. The maximum atomic E-state index is 12.5. The van der Waals surface area contributed by atoms with Gasteiger partial charge in [-0.2, -0.15) is 0 Å². The van der Waals surface area contributed by atoms with Crippen molar-refractivity contribution in [2.45, 2.75) is 58.4 Å². The summed E-state index contributed by atoms with van der Waals surface area (Å²) < 4.78 is 33.2. The largest absolute Gasteiger partial charge is 0.492 e. The van der Waals surface area contributed by atoms with E-state index in [9.17, 15) is 8.42 Å². The second-order valence-electron chi connectivity index (χ2n) is 5.16. The second-order valence-corrected chi connectivity index (χ2v) is 6.84. The standard InChI is InChI=1S/C15H25NO3S/c1-6-8-19-14-9-11(3)12(4)10-15(14)20(17,18)16-13(5)7-2/h9-10,13,16H,6-8H2,1-5H3. The Kier molecular flexibility index (Phi) is 6.02. The highest BCUT2D eigenvalue weighted by Gasteiger charge is 2.22. The molecule has 1 N–H and O–H groups in total. The van der Waals surface area contributed by atoms with Crippen LogP contribution in [0.4, 0.5) is 0 Å². The van der Waals surface area contributed by atoms with Crippen LogP contribution in [0.3, 0.4) is 0 Å². The monoisotopic (exact) mass is 299 g/mol. The fraction of sp³-hybridized carbons (Fsp3) is 0.600. The van der Waals surface area contributed by atoms with Crippen molar-refractivity contribution >= 4 is 10.0 Å². The van der Waals surface area contributed by atoms with Gasteiger partial charge >= 0.3 is 0 Å². The molecule has 0 aliphatic carbocycles. The normalized spacial score (nSPS) is 13.2. The summed E-state index contributed by atoms with van der Waals surface area (Å²) in [6, 6.07) is 3.39. The Morgan fingerprint density at radius 2 is 1.80 bits per heavy atom. The van der Waals surface area contributed by atoms with E-state index < -0.39 is 10.0 Å². The molecule has 0 spiro atoms. The zero-order valence-electron chi connectivity index (χ0n) is 13.0. The Bertz CT molecular complexity index is 552. The zero-order valence-corrected chi connectivity index (χ0v) is 13.8. The van der Waals surface area contributed by atoms with Crippen LogP contribution in [0.1, 0.15) is 44.7 Å². The van der Waals surface area contributed by atoms with Crippen LogP contribution in [0.2, 0.25) is 0 Å². The summed E-state index contributed by atoms with van der Waals surface area (Å²) in [5.41, 5.74) is 1.97. The van der Waals surface area contributed by atoms with Crippen molar-refractivity contribution in [1.29, 1.82) is 0 Å². The third kappa shape index (κ3) is 4.21. The average Bonchev–Trinajstić information content (AvgIpc) is 2.38. The summed E-state index contributed by atoms with van der Waals surface area (Å²) in [7, 11) is -3.55. The summed E-state index contributed by atoms with van der Waals surface area (Å²) in [4.78, 5) is 0.231. The number of nitrogens with one attached hydrogen (secondary N) is 1. The fourth-order valence-corrected chi connectivity index (χ4v) is 3.25. The van der Waals surface area contributed by atoms with E-state index >= 15 is 0 Å². The van der Waals surface area contributed by atoms with Gasteiger partial charge in [0, 0.05) is 6.04 Å². The molecule has 1 aromatic carbocycles. The quantitative estimate of drug-likeness (QED) is 0.841. The Hall–Kier alpha value is -1.07. The third-order valence-electron chi connectivity index (χ3n) is 3.28. The molecule has 1 rings (SSSR count). The third-order valence-corrected chi connectivity index (χ3v) is 4.89. The maximum Gasteiger partial charge on any atom is 0.244 e. The van der Waals surface area contributed by atoms with Crippen LogP contribution in [0.15, 0.2) is 17.0 Å². The first-order valence-corrected chi connectivity index (χ1v) is 8.56. The molecule has 0 aliphatic heterocycles. The molecule has 0 bridgehead atoms. The van der Waals surface area contributed by atoms with Gasteiger partial charge in [0.15, 0.2) is 0 Å². The molecule has 0 aliphatic rings. The van der Waals surface area contributed by atoms with Crippen molar-refractivity contribution in [3.8, 4) is 5.75 Å². The number of hydrogen-bond acceptors (Lipinski definition) is 3. The van der Waals surface area contributed by atoms with Crippen molar-refractivity contribution in [3.05, 3.63) is 23.3 Å². The molecule has 1 atom stereocenters. The summed E-state index contributed by atoms with van der Waals surface area (Å²) in [5.74, 6) is 0.436. The van der Waals surface area contributed by atoms with E-state index in [0.29, 0.717) is 12.4 Å². The molecule has 0 saturated heterocycles. The van der Waals surface area contributed by atoms with Gasteiger partial charge in [-0.3, -0.25) is 0 Å². The Morgan fingerprint density at radius 1 is 1.20 bits per heavy atom. The van der Waals surface area contributed by atoms with Crippen molar-refractivity contribution in [1.82, 2.24) is 4.72 Å². The summed E-state index contributed by atoms with van der Waals surface area (Å²) >= 11 is 0. The lowest BCUT2D eigenvalue weighted by atomic mass is 10.1. The van der Waals surface area contributed by atoms with Crippen LogP contribution >= 0.6 is 0 Å². The van der Waals surface area contributed by atoms with E-state index in [2.05, 4.69) is 4.72 Å². The Labute approximate surface area is 122 Å². The fourth-order valence-electron chi connectivity index (χ4n) is 1.71. The van der Waals surface area contributed by atoms with Crippen LogP contribution in [0, 0.1) is 13.8 Å².